The Labute approximate surface area is 126 Å². The van der Waals surface area contributed by atoms with Gasteiger partial charge in [0.25, 0.3) is 0 Å². The summed E-state index contributed by atoms with van der Waals surface area (Å²) < 4.78 is 51.4. The summed E-state index contributed by atoms with van der Waals surface area (Å²) in [6.07, 6.45) is -3.37. The van der Waals surface area contributed by atoms with E-state index in [-0.39, 0.29) is 21.9 Å². The van der Waals surface area contributed by atoms with Crippen LogP contribution < -0.4 is 11.3 Å². The number of benzene rings is 1. The van der Waals surface area contributed by atoms with Gasteiger partial charge in [0.15, 0.2) is 5.01 Å². The Hall–Kier alpha value is -1.22. The molecule has 0 radical (unpaired) electrons. The molecule has 0 saturated heterocycles. The van der Waals surface area contributed by atoms with Crippen molar-refractivity contribution in [3.63, 3.8) is 0 Å². The molecule has 0 bridgehead atoms. The van der Waals surface area contributed by atoms with Crippen LogP contribution in [0.1, 0.15) is 21.5 Å². The lowest BCUT2D eigenvalue weighted by Crippen LogP contribution is -2.29. The van der Waals surface area contributed by atoms with Gasteiger partial charge in [-0.25, -0.2) is 9.37 Å². The standard InChI is InChI=1S/C12H10ClF4N3S/c13-7-3-1-2-6(10(7)14)4-8(20-18)9-5-19-11(21-9)12(15,16)17/h1-3,5,8,20H,4,18H2. The number of halogens is 5. The molecule has 1 aromatic heterocycles. The molecule has 0 amide bonds. The van der Waals surface area contributed by atoms with E-state index in [1.165, 1.54) is 12.1 Å². The van der Waals surface area contributed by atoms with Gasteiger partial charge in [-0.05, 0) is 18.1 Å². The lowest BCUT2D eigenvalue weighted by atomic mass is 10.1. The molecule has 1 aromatic carbocycles. The number of thiazole rings is 1. The molecule has 114 valence electrons. The summed E-state index contributed by atoms with van der Waals surface area (Å²) in [4.78, 5) is 3.58. The average molecular weight is 340 g/mol. The van der Waals surface area contributed by atoms with Gasteiger partial charge >= 0.3 is 6.18 Å². The van der Waals surface area contributed by atoms with Gasteiger partial charge in [-0.1, -0.05) is 23.7 Å². The number of nitrogens with two attached hydrogens (primary N) is 1. The smallest absolute Gasteiger partial charge is 0.271 e. The topological polar surface area (TPSA) is 50.9 Å². The first-order chi connectivity index (χ1) is 9.82. The number of hydrogen-bond donors (Lipinski definition) is 2. The molecule has 1 atom stereocenters. The van der Waals surface area contributed by atoms with E-state index in [2.05, 4.69) is 10.4 Å². The Bertz CT molecular complexity index is 629. The molecule has 9 heteroatoms. The van der Waals surface area contributed by atoms with Gasteiger partial charge in [-0.2, -0.15) is 13.2 Å². The fourth-order valence-corrected chi connectivity index (χ4v) is 2.78. The summed E-state index contributed by atoms with van der Waals surface area (Å²) >= 11 is 6.13. The highest BCUT2D eigenvalue weighted by Crippen LogP contribution is 2.35. The van der Waals surface area contributed by atoms with Crippen LogP contribution in [-0.4, -0.2) is 4.98 Å². The first kappa shape index (κ1) is 16.2. The Morgan fingerprint density at radius 2 is 2.10 bits per heavy atom. The SMILES string of the molecule is NNC(Cc1cccc(Cl)c1F)c1cnc(C(F)(F)F)s1. The summed E-state index contributed by atoms with van der Waals surface area (Å²) in [7, 11) is 0. The van der Waals surface area contributed by atoms with Crippen molar-refractivity contribution in [3.8, 4) is 0 Å². The maximum atomic E-state index is 13.8. The zero-order valence-corrected chi connectivity index (χ0v) is 12.0. The van der Waals surface area contributed by atoms with E-state index in [1.807, 2.05) is 0 Å². The molecule has 2 rings (SSSR count). The summed E-state index contributed by atoms with van der Waals surface area (Å²) in [5.74, 6) is 4.74. The Balaban J connectivity index is 2.24. The van der Waals surface area contributed by atoms with Crippen molar-refractivity contribution in [3.05, 3.63) is 50.7 Å². The number of nitrogens with one attached hydrogen (secondary N) is 1. The summed E-state index contributed by atoms with van der Waals surface area (Å²) in [6.45, 7) is 0. The van der Waals surface area contributed by atoms with Crippen molar-refractivity contribution in [1.29, 1.82) is 0 Å². The minimum atomic E-state index is -4.51. The molecule has 0 aliphatic rings. The second kappa shape index (κ2) is 6.27. The van der Waals surface area contributed by atoms with E-state index in [4.69, 9.17) is 17.4 Å². The van der Waals surface area contributed by atoms with E-state index < -0.39 is 23.0 Å². The summed E-state index contributed by atoms with van der Waals surface area (Å²) in [5.41, 5.74) is 2.63. The van der Waals surface area contributed by atoms with Gasteiger partial charge in [0, 0.05) is 11.1 Å². The summed E-state index contributed by atoms with van der Waals surface area (Å²) in [5, 5.41) is -1.02. The third kappa shape index (κ3) is 3.70. The van der Waals surface area contributed by atoms with Crippen LogP contribution in [0.3, 0.4) is 0 Å². The molecular formula is C12H10ClF4N3S. The fourth-order valence-electron chi connectivity index (χ4n) is 1.75. The molecule has 1 unspecified atom stereocenters. The number of alkyl halides is 3. The normalized spacial score (nSPS) is 13.4. The van der Waals surface area contributed by atoms with E-state index in [0.29, 0.717) is 11.3 Å². The maximum absolute atomic E-state index is 13.8. The van der Waals surface area contributed by atoms with Crippen molar-refractivity contribution in [2.75, 3.05) is 0 Å². The predicted octanol–water partition coefficient (Wildman–Crippen LogP) is 3.70. The fraction of sp³-hybridized carbons (Fsp3) is 0.250. The van der Waals surface area contributed by atoms with Crippen molar-refractivity contribution in [2.24, 2.45) is 5.84 Å². The second-order valence-electron chi connectivity index (χ2n) is 4.20. The number of rotatable bonds is 4. The average Bonchev–Trinajstić information content (AvgIpc) is 2.90. The molecule has 2 aromatic rings. The number of hydrogen-bond acceptors (Lipinski definition) is 4. The third-order valence-corrected chi connectivity index (χ3v) is 4.21. The highest BCUT2D eigenvalue weighted by molar-refractivity contribution is 7.11. The van der Waals surface area contributed by atoms with Gasteiger partial charge in [-0.15, -0.1) is 11.3 Å². The highest BCUT2D eigenvalue weighted by atomic mass is 35.5. The largest absolute Gasteiger partial charge is 0.443 e. The van der Waals surface area contributed by atoms with Gasteiger partial charge < -0.3 is 0 Å². The monoisotopic (exact) mass is 339 g/mol. The first-order valence-corrected chi connectivity index (χ1v) is 6.94. The zero-order valence-electron chi connectivity index (χ0n) is 10.4. The minimum absolute atomic E-state index is 0.0523. The lowest BCUT2D eigenvalue weighted by molar-refractivity contribution is -0.137. The molecular weight excluding hydrogens is 330 g/mol. The van der Waals surface area contributed by atoms with Crippen molar-refractivity contribution in [2.45, 2.75) is 18.6 Å². The Kier molecular flexibility index (Phi) is 4.82. The molecule has 0 spiro atoms. The predicted molar refractivity (Wildman–Crippen MR) is 72.3 cm³/mol. The van der Waals surface area contributed by atoms with Gasteiger partial charge in [0.05, 0.1) is 11.1 Å². The van der Waals surface area contributed by atoms with E-state index in [0.717, 1.165) is 6.20 Å². The van der Waals surface area contributed by atoms with E-state index in [1.54, 1.807) is 6.07 Å². The first-order valence-electron chi connectivity index (χ1n) is 5.75. The summed E-state index contributed by atoms with van der Waals surface area (Å²) in [6, 6.07) is 3.76. The molecule has 21 heavy (non-hydrogen) atoms. The molecule has 0 fully saturated rings. The zero-order chi connectivity index (χ0) is 15.6. The molecule has 3 nitrogen and oxygen atoms in total. The molecule has 3 N–H and O–H groups in total. The van der Waals surface area contributed by atoms with E-state index >= 15 is 0 Å². The van der Waals surface area contributed by atoms with Crippen LogP contribution in [0.5, 0.6) is 0 Å². The van der Waals surface area contributed by atoms with Crippen LogP contribution in [0.15, 0.2) is 24.4 Å². The third-order valence-electron chi connectivity index (χ3n) is 2.77. The van der Waals surface area contributed by atoms with Crippen LogP contribution in [0, 0.1) is 5.82 Å². The molecule has 0 aliphatic heterocycles. The van der Waals surface area contributed by atoms with Crippen LogP contribution >= 0.6 is 22.9 Å². The molecule has 0 saturated carbocycles. The van der Waals surface area contributed by atoms with Crippen molar-refractivity contribution in [1.82, 2.24) is 10.4 Å². The Morgan fingerprint density at radius 3 is 2.67 bits per heavy atom. The van der Waals surface area contributed by atoms with Gasteiger partial charge in [-0.3, -0.25) is 11.3 Å². The minimum Gasteiger partial charge on any atom is -0.271 e. The van der Waals surface area contributed by atoms with Gasteiger partial charge in [0.1, 0.15) is 5.82 Å². The maximum Gasteiger partial charge on any atom is 0.443 e. The van der Waals surface area contributed by atoms with E-state index in [9.17, 15) is 17.6 Å². The van der Waals surface area contributed by atoms with Crippen LogP contribution in [0.25, 0.3) is 0 Å². The van der Waals surface area contributed by atoms with Crippen LogP contribution in [-0.2, 0) is 12.6 Å². The quantitative estimate of drug-likeness (QED) is 0.507. The van der Waals surface area contributed by atoms with Crippen LogP contribution in [0.4, 0.5) is 17.6 Å². The number of nitrogens with zero attached hydrogens (tertiary/aromatic N) is 1. The number of aromatic nitrogens is 1. The molecule has 0 aliphatic carbocycles. The molecule has 1 heterocycles. The Morgan fingerprint density at radius 1 is 1.38 bits per heavy atom. The highest BCUT2D eigenvalue weighted by Gasteiger charge is 2.35. The van der Waals surface area contributed by atoms with Gasteiger partial charge in [0.2, 0.25) is 0 Å². The van der Waals surface area contributed by atoms with Crippen molar-refractivity contribution < 1.29 is 17.6 Å². The second-order valence-corrected chi connectivity index (χ2v) is 5.67. The van der Waals surface area contributed by atoms with Crippen LogP contribution in [0.2, 0.25) is 5.02 Å². The lowest BCUT2D eigenvalue weighted by Gasteiger charge is -2.14. The number of hydrazine groups is 1. The van der Waals surface area contributed by atoms with Crippen molar-refractivity contribution >= 4 is 22.9 Å².